The van der Waals surface area contributed by atoms with E-state index in [-0.39, 0.29) is 0 Å². The van der Waals surface area contributed by atoms with Crippen molar-refractivity contribution in [3.63, 3.8) is 0 Å². The lowest BCUT2D eigenvalue weighted by Gasteiger charge is -2.09. The molecule has 0 saturated carbocycles. The molecule has 0 N–H and O–H groups in total. The Morgan fingerprint density at radius 2 is 2.11 bits per heavy atom. The van der Waals surface area contributed by atoms with E-state index >= 15 is 0 Å². The lowest BCUT2D eigenvalue weighted by atomic mass is 10.2. The van der Waals surface area contributed by atoms with Crippen molar-refractivity contribution in [3.05, 3.63) is 45.1 Å². The fraction of sp³-hybridized carbons (Fsp3) is 0.154. The van der Waals surface area contributed by atoms with E-state index in [1.54, 1.807) is 25.3 Å². The molecule has 1 aromatic heterocycles. The van der Waals surface area contributed by atoms with Crippen molar-refractivity contribution in [2.45, 2.75) is 6.61 Å². The predicted octanol–water partition coefficient (Wildman–Crippen LogP) is 3.86. The minimum atomic E-state index is 0.430. The van der Waals surface area contributed by atoms with E-state index in [9.17, 15) is 0 Å². The van der Waals surface area contributed by atoms with Crippen LogP contribution < -0.4 is 9.47 Å². The number of benzene rings is 1. The lowest BCUT2D eigenvalue weighted by molar-refractivity contribution is 0.287. The van der Waals surface area contributed by atoms with E-state index in [2.05, 4.69) is 6.07 Å². The molecule has 3 nitrogen and oxygen atoms in total. The van der Waals surface area contributed by atoms with Gasteiger partial charge in [-0.1, -0.05) is 11.6 Å². The standard InChI is InChI=1S/C13H10ClNO2S/c1-16-12-6-9(7-15)2-4-11(12)17-8-10-3-5-13(14)18-10/h2-6H,8H2,1H3. The third-order valence-electron chi connectivity index (χ3n) is 2.29. The van der Waals surface area contributed by atoms with Gasteiger partial charge in [0.1, 0.15) is 6.61 Å². The molecule has 0 unspecified atom stereocenters. The van der Waals surface area contributed by atoms with Crippen molar-refractivity contribution in [1.82, 2.24) is 0 Å². The van der Waals surface area contributed by atoms with Crippen LogP contribution in [0.25, 0.3) is 0 Å². The summed E-state index contributed by atoms with van der Waals surface area (Å²) >= 11 is 7.32. The van der Waals surface area contributed by atoms with Crippen molar-refractivity contribution in [2.24, 2.45) is 0 Å². The van der Waals surface area contributed by atoms with Crippen LogP contribution in [0.5, 0.6) is 11.5 Å². The molecular weight excluding hydrogens is 270 g/mol. The summed E-state index contributed by atoms with van der Waals surface area (Å²) < 4.78 is 11.6. The van der Waals surface area contributed by atoms with E-state index in [4.69, 9.17) is 26.3 Å². The van der Waals surface area contributed by atoms with Crippen LogP contribution in [0, 0.1) is 11.3 Å². The molecule has 0 spiro atoms. The van der Waals surface area contributed by atoms with Crippen molar-refractivity contribution in [3.8, 4) is 17.6 Å². The molecule has 0 aliphatic carbocycles. The van der Waals surface area contributed by atoms with Gasteiger partial charge in [-0.3, -0.25) is 0 Å². The van der Waals surface area contributed by atoms with Gasteiger partial charge in [0.05, 0.1) is 23.1 Å². The molecule has 2 aromatic rings. The Hall–Kier alpha value is -1.70. The number of hydrogen-bond acceptors (Lipinski definition) is 4. The molecular formula is C13H10ClNO2S. The topological polar surface area (TPSA) is 42.2 Å². The zero-order valence-electron chi connectivity index (χ0n) is 9.64. The van der Waals surface area contributed by atoms with Gasteiger partial charge in [0.15, 0.2) is 11.5 Å². The number of rotatable bonds is 4. The Labute approximate surface area is 114 Å². The number of nitrogens with zero attached hydrogens (tertiary/aromatic N) is 1. The van der Waals surface area contributed by atoms with Gasteiger partial charge in [0.2, 0.25) is 0 Å². The quantitative estimate of drug-likeness (QED) is 0.853. The van der Waals surface area contributed by atoms with Gasteiger partial charge < -0.3 is 9.47 Å². The number of ether oxygens (including phenoxy) is 2. The van der Waals surface area contributed by atoms with Crippen LogP contribution in [-0.4, -0.2) is 7.11 Å². The highest BCUT2D eigenvalue weighted by atomic mass is 35.5. The second-order valence-corrected chi connectivity index (χ2v) is 5.27. The van der Waals surface area contributed by atoms with E-state index in [1.165, 1.54) is 11.3 Å². The summed E-state index contributed by atoms with van der Waals surface area (Å²) in [6.07, 6.45) is 0. The molecule has 18 heavy (non-hydrogen) atoms. The molecule has 0 saturated heterocycles. The summed E-state index contributed by atoms with van der Waals surface area (Å²) in [6.45, 7) is 0.430. The Kier molecular flexibility index (Phi) is 4.08. The molecule has 0 amide bonds. The highest BCUT2D eigenvalue weighted by molar-refractivity contribution is 7.16. The monoisotopic (exact) mass is 279 g/mol. The van der Waals surface area contributed by atoms with Gasteiger partial charge in [-0.2, -0.15) is 5.26 Å². The van der Waals surface area contributed by atoms with Crippen LogP contribution in [0.4, 0.5) is 0 Å². The normalized spacial score (nSPS) is 9.83. The molecule has 1 heterocycles. The zero-order valence-corrected chi connectivity index (χ0v) is 11.2. The van der Waals surface area contributed by atoms with Gasteiger partial charge in [-0.05, 0) is 24.3 Å². The maximum absolute atomic E-state index is 8.80. The molecule has 0 aliphatic rings. The predicted molar refractivity (Wildman–Crippen MR) is 71.4 cm³/mol. The van der Waals surface area contributed by atoms with E-state index in [1.807, 2.05) is 12.1 Å². The number of hydrogen-bond donors (Lipinski definition) is 0. The van der Waals surface area contributed by atoms with Gasteiger partial charge >= 0.3 is 0 Å². The average Bonchev–Trinajstić information content (AvgIpc) is 2.82. The second-order valence-electron chi connectivity index (χ2n) is 3.47. The van der Waals surface area contributed by atoms with Gasteiger partial charge in [-0.25, -0.2) is 0 Å². The second kappa shape index (κ2) is 5.76. The molecule has 1 aromatic carbocycles. The van der Waals surface area contributed by atoms with Crippen molar-refractivity contribution < 1.29 is 9.47 Å². The van der Waals surface area contributed by atoms with Crippen LogP contribution >= 0.6 is 22.9 Å². The molecule has 0 bridgehead atoms. The van der Waals surface area contributed by atoms with Crippen molar-refractivity contribution in [1.29, 1.82) is 5.26 Å². The Bertz CT molecular complexity index is 589. The fourth-order valence-corrected chi connectivity index (χ4v) is 2.44. The minimum absolute atomic E-state index is 0.430. The van der Waals surface area contributed by atoms with Crippen molar-refractivity contribution >= 4 is 22.9 Å². The van der Waals surface area contributed by atoms with Crippen LogP contribution in [0.1, 0.15) is 10.4 Å². The molecule has 0 aliphatic heterocycles. The number of nitriles is 1. The van der Waals surface area contributed by atoms with Crippen LogP contribution in [0.2, 0.25) is 4.34 Å². The van der Waals surface area contributed by atoms with E-state index < -0.39 is 0 Å². The Balaban J connectivity index is 2.12. The van der Waals surface area contributed by atoms with Crippen molar-refractivity contribution in [2.75, 3.05) is 7.11 Å². The molecule has 2 rings (SSSR count). The van der Waals surface area contributed by atoms with E-state index in [0.717, 1.165) is 9.21 Å². The summed E-state index contributed by atoms with van der Waals surface area (Å²) in [7, 11) is 1.55. The molecule has 92 valence electrons. The first-order valence-electron chi connectivity index (χ1n) is 5.18. The van der Waals surface area contributed by atoms with Crippen LogP contribution in [0.15, 0.2) is 30.3 Å². The SMILES string of the molecule is COc1cc(C#N)ccc1OCc1ccc(Cl)s1. The van der Waals surface area contributed by atoms with Crippen LogP contribution in [-0.2, 0) is 6.61 Å². The third kappa shape index (κ3) is 2.95. The highest BCUT2D eigenvalue weighted by Crippen LogP contribution is 2.30. The molecule has 0 fully saturated rings. The maximum Gasteiger partial charge on any atom is 0.162 e. The maximum atomic E-state index is 8.80. The number of methoxy groups -OCH3 is 1. The first-order chi connectivity index (χ1) is 8.72. The first kappa shape index (κ1) is 12.7. The summed E-state index contributed by atoms with van der Waals surface area (Å²) in [5.74, 6) is 1.16. The fourth-order valence-electron chi connectivity index (χ4n) is 1.43. The molecule has 0 radical (unpaired) electrons. The minimum Gasteiger partial charge on any atom is -0.493 e. The van der Waals surface area contributed by atoms with Crippen LogP contribution in [0.3, 0.4) is 0 Å². The Morgan fingerprint density at radius 3 is 2.72 bits per heavy atom. The summed E-state index contributed by atoms with van der Waals surface area (Å²) in [6, 6.07) is 10.9. The van der Waals surface area contributed by atoms with Gasteiger partial charge in [0, 0.05) is 10.9 Å². The van der Waals surface area contributed by atoms with Gasteiger partial charge in [0.25, 0.3) is 0 Å². The highest BCUT2D eigenvalue weighted by Gasteiger charge is 2.06. The zero-order chi connectivity index (χ0) is 13.0. The number of halogens is 1. The third-order valence-corrected chi connectivity index (χ3v) is 3.50. The molecule has 5 heteroatoms. The lowest BCUT2D eigenvalue weighted by Crippen LogP contribution is -1.96. The molecule has 0 atom stereocenters. The average molecular weight is 280 g/mol. The smallest absolute Gasteiger partial charge is 0.162 e. The first-order valence-corrected chi connectivity index (χ1v) is 6.37. The van der Waals surface area contributed by atoms with Gasteiger partial charge in [-0.15, -0.1) is 11.3 Å². The Morgan fingerprint density at radius 1 is 1.28 bits per heavy atom. The largest absolute Gasteiger partial charge is 0.493 e. The number of thiophene rings is 1. The summed E-state index contributed by atoms with van der Waals surface area (Å²) in [4.78, 5) is 1.03. The summed E-state index contributed by atoms with van der Waals surface area (Å²) in [5, 5.41) is 8.80. The van der Waals surface area contributed by atoms with E-state index in [0.29, 0.717) is 23.7 Å². The summed E-state index contributed by atoms with van der Waals surface area (Å²) in [5.41, 5.74) is 0.540.